The molecule has 0 aromatic rings. The molecule has 0 saturated heterocycles. The topological polar surface area (TPSA) is 41.5 Å². The Morgan fingerprint density at radius 1 is 1.41 bits per heavy atom. The maximum Gasteiger partial charge on any atom is 0.0897 e. The van der Waals surface area contributed by atoms with Crippen LogP contribution in [-0.4, -0.2) is 47.5 Å². The number of thioether (sulfide) groups is 1. The van der Waals surface area contributed by atoms with Gasteiger partial charge in [-0.1, -0.05) is 6.92 Å². The summed E-state index contributed by atoms with van der Waals surface area (Å²) in [5.41, 5.74) is 0. The molecule has 4 heteroatoms. The summed E-state index contributed by atoms with van der Waals surface area (Å²) < 4.78 is 5.38. The van der Waals surface area contributed by atoms with E-state index in [0.717, 1.165) is 5.25 Å². The molecule has 17 heavy (non-hydrogen) atoms. The van der Waals surface area contributed by atoms with E-state index in [1.54, 1.807) is 0 Å². The minimum atomic E-state index is -0.379. The average molecular weight is 261 g/mol. The molecule has 0 amide bonds. The molecule has 0 radical (unpaired) electrons. The van der Waals surface area contributed by atoms with Crippen molar-refractivity contribution in [2.24, 2.45) is 0 Å². The Morgan fingerprint density at radius 2 is 2.18 bits per heavy atom. The van der Waals surface area contributed by atoms with Gasteiger partial charge in [-0.2, -0.15) is 11.8 Å². The molecule has 102 valence electrons. The first kappa shape index (κ1) is 15.3. The van der Waals surface area contributed by atoms with Crippen LogP contribution >= 0.6 is 11.8 Å². The molecule has 2 N–H and O–H groups in total. The van der Waals surface area contributed by atoms with Gasteiger partial charge in [0.25, 0.3) is 0 Å². The summed E-state index contributed by atoms with van der Waals surface area (Å²) in [5, 5.41) is 14.0. The number of rotatable bonds is 8. The zero-order valence-electron chi connectivity index (χ0n) is 11.3. The van der Waals surface area contributed by atoms with Crippen molar-refractivity contribution in [1.82, 2.24) is 5.32 Å². The molecule has 0 heterocycles. The van der Waals surface area contributed by atoms with Crippen molar-refractivity contribution in [3.05, 3.63) is 0 Å². The number of hydrogen-bond acceptors (Lipinski definition) is 4. The van der Waals surface area contributed by atoms with Gasteiger partial charge >= 0.3 is 0 Å². The van der Waals surface area contributed by atoms with Gasteiger partial charge in [-0.05, 0) is 38.9 Å². The van der Waals surface area contributed by atoms with E-state index in [1.807, 2.05) is 13.8 Å². The smallest absolute Gasteiger partial charge is 0.0897 e. The van der Waals surface area contributed by atoms with Gasteiger partial charge < -0.3 is 15.2 Å². The lowest BCUT2D eigenvalue weighted by molar-refractivity contribution is 0.00552. The molecule has 1 rings (SSSR count). The first-order valence-corrected chi connectivity index (χ1v) is 7.81. The highest BCUT2D eigenvalue weighted by Gasteiger charge is 2.24. The van der Waals surface area contributed by atoms with Crippen molar-refractivity contribution in [3.63, 3.8) is 0 Å². The minimum Gasteiger partial charge on any atom is -0.389 e. The summed E-state index contributed by atoms with van der Waals surface area (Å²) in [6, 6.07) is 0.591. The van der Waals surface area contributed by atoms with E-state index in [2.05, 4.69) is 24.0 Å². The minimum absolute atomic E-state index is 0.196. The lowest BCUT2D eigenvalue weighted by atomic mass is 10.2. The molecule has 1 aliphatic carbocycles. The monoisotopic (exact) mass is 261 g/mol. The predicted octanol–water partition coefficient (Wildman–Crippen LogP) is 2.04. The Labute approximate surface area is 110 Å². The zero-order chi connectivity index (χ0) is 12.7. The standard InChI is InChI=1S/C13H27NO2S/c1-4-17-13-6-5-11(7-13)14-8-12(15)9-16-10(2)3/h10-15H,4-9H2,1-3H3. The third-order valence-corrected chi connectivity index (χ3v) is 4.28. The molecule has 3 unspecified atom stereocenters. The predicted molar refractivity (Wildman–Crippen MR) is 74.7 cm³/mol. The van der Waals surface area contributed by atoms with Crippen LogP contribution < -0.4 is 5.32 Å². The van der Waals surface area contributed by atoms with Crippen LogP contribution in [-0.2, 0) is 4.74 Å². The lowest BCUT2D eigenvalue weighted by Gasteiger charge is -2.17. The summed E-state index contributed by atoms with van der Waals surface area (Å²) in [5.74, 6) is 1.21. The third kappa shape index (κ3) is 6.65. The van der Waals surface area contributed by atoms with Crippen molar-refractivity contribution in [1.29, 1.82) is 0 Å². The molecule has 3 atom stereocenters. The van der Waals surface area contributed by atoms with Crippen LogP contribution in [0.5, 0.6) is 0 Å². The summed E-state index contributed by atoms with van der Waals surface area (Å²) >= 11 is 2.06. The molecule has 0 aliphatic heterocycles. The van der Waals surface area contributed by atoms with E-state index in [4.69, 9.17) is 4.74 Å². The van der Waals surface area contributed by atoms with Gasteiger partial charge in [-0.25, -0.2) is 0 Å². The number of ether oxygens (including phenoxy) is 1. The van der Waals surface area contributed by atoms with Crippen molar-refractivity contribution in [3.8, 4) is 0 Å². The molecule has 0 spiro atoms. The summed E-state index contributed by atoms with van der Waals surface area (Å²) in [6.45, 7) is 7.29. The Bertz CT molecular complexity index is 202. The van der Waals surface area contributed by atoms with E-state index >= 15 is 0 Å². The lowest BCUT2D eigenvalue weighted by Crippen LogP contribution is -2.36. The summed E-state index contributed by atoms with van der Waals surface area (Å²) in [6.07, 6.45) is 3.62. The molecule has 0 aromatic carbocycles. The summed E-state index contributed by atoms with van der Waals surface area (Å²) in [7, 11) is 0. The van der Waals surface area contributed by atoms with Gasteiger partial charge in [0.15, 0.2) is 0 Å². The second kappa shape index (κ2) is 8.35. The van der Waals surface area contributed by atoms with Gasteiger partial charge in [0, 0.05) is 17.8 Å². The van der Waals surface area contributed by atoms with Gasteiger partial charge in [-0.15, -0.1) is 0 Å². The van der Waals surface area contributed by atoms with E-state index in [0.29, 0.717) is 19.2 Å². The maximum atomic E-state index is 9.73. The largest absolute Gasteiger partial charge is 0.389 e. The van der Waals surface area contributed by atoms with E-state index in [-0.39, 0.29) is 12.2 Å². The fourth-order valence-electron chi connectivity index (χ4n) is 2.18. The zero-order valence-corrected chi connectivity index (χ0v) is 12.1. The maximum absolute atomic E-state index is 9.73. The van der Waals surface area contributed by atoms with E-state index in [9.17, 15) is 5.11 Å². The summed E-state index contributed by atoms with van der Waals surface area (Å²) in [4.78, 5) is 0. The highest BCUT2D eigenvalue weighted by molar-refractivity contribution is 7.99. The third-order valence-electron chi connectivity index (χ3n) is 3.05. The Morgan fingerprint density at radius 3 is 2.82 bits per heavy atom. The number of nitrogens with one attached hydrogen (secondary N) is 1. The van der Waals surface area contributed by atoms with Crippen molar-refractivity contribution < 1.29 is 9.84 Å². The van der Waals surface area contributed by atoms with Gasteiger partial charge in [-0.3, -0.25) is 0 Å². The Balaban J connectivity index is 2.06. The first-order chi connectivity index (χ1) is 8.11. The van der Waals surface area contributed by atoms with Gasteiger partial charge in [0.2, 0.25) is 0 Å². The van der Waals surface area contributed by atoms with Crippen LogP contribution in [0.1, 0.15) is 40.0 Å². The van der Waals surface area contributed by atoms with Crippen LogP contribution in [0.15, 0.2) is 0 Å². The fourth-order valence-corrected chi connectivity index (χ4v) is 3.32. The Hall–Kier alpha value is 0.230. The molecule has 0 aromatic heterocycles. The molecule has 1 fully saturated rings. The van der Waals surface area contributed by atoms with Crippen LogP contribution in [0.2, 0.25) is 0 Å². The molecule has 0 bridgehead atoms. The SMILES string of the molecule is CCSC1CCC(NCC(O)COC(C)C)C1. The highest BCUT2D eigenvalue weighted by Crippen LogP contribution is 2.29. The quantitative estimate of drug-likeness (QED) is 0.701. The molecule has 1 aliphatic rings. The normalized spacial score (nSPS) is 26.6. The van der Waals surface area contributed by atoms with Gasteiger partial charge in [0.1, 0.15) is 0 Å². The van der Waals surface area contributed by atoms with Gasteiger partial charge in [0.05, 0.1) is 18.8 Å². The Kier molecular flexibility index (Phi) is 7.51. The number of hydrogen-bond donors (Lipinski definition) is 2. The van der Waals surface area contributed by atoms with Crippen molar-refractivity contribution in [2.75, 3.05) is 18.9 Å². The molecule has 1 saturated carbocycles. The first-order valence-electron chi connectivity index (χ1n) is 6.76. The molecule has 3 nitrogen and oxygen atoms in total. The van der Waals surface area contributed by atoms with E-state index in [1.165, 1.54) is 25.0 Å². The van der Waals surface area contributed by atoms with Crippen molar-refractivity contribution >= 4 is 11.8 Å². The van der Waals surface area contributed by atoms with E-state index < -0.39 is 0 Å². The second-order valence-electron chi connectivity index (χ2n) is 5.03. The van der Waals surface area contributed by atoms with Crippen LogP contribution in [0.3, 0.4) is 0 Å². The molecular weight excluding hydrogens is 234 g/mol. The van der Waals surface area contributed by atoms with Crippen LogP contribution in [0.25, 0.3) is 0 Å². The van der Waals surface area contributed by atoms with Crippen LogP contribution in [0.4, 0.5) is 0 Å². The second-order valence-corrected chi connectivity index (χ2v) is 6.61. The van der Waals surface area contributed by atoms with Crippen molar-refractivity contribution in [2.45, 2.75) is 63.5 Å². The number of aliphatic hydroxyl groups is 1. The van der Waals surface area contributed by atoms with Crippen LogP contribution in [0, 0.1) is 0 Å². The number of aliphatic hydroxyl groups excluding tert-OH is 1. The average Bonchev–Trinajstić information content (AvgIpc) is 2.72. The fraction of sp³-hybridized carbons (Fsp3) is 1.00. The molecular formula is C13H27NO2S. The highest BCUT2D eigenvalue weighted by atomic mass is 32.2.